The van der Waals surface area contributed by atoms with Gasteiger partial charge in [0.25, 0.3) is 5.91 Å². The van der Waals surface area contributed by atoms with Crippen LogP contribution in [0.3, 0.4) is 0 Å². The van der Waals surface area contributed by atoms with Crippen LogP contribution in [0.15, 0.2) is 60.7 Å². The third-order valence-electron chi connectivity index (χ3n) is 6.66. The summed E-state index contributed by atoms with van der Waals surface area (Å²) in [5, 5.41) is 14.4. The van der Waals surface area contributed by atoms with Crippen LogP contribution in [0.25, 0.3) is 10.8 Å². The fourth-order valence-electron chi connectivity index (χ4n) is 4.84. The number of carbonyl (C=O) groups excluding carboxylic acids is 1. The molecule has 5 heteroatoms. The topological polar surface area (TPSA) is 75.6 Å². The number of nitrogens with one attached hydrogen (secondary N) is 1. The number of carboxylic acids is 1. The molecular formula is C29H33NO4. The maximum absolute atomic E-state index is 13.4. The summed E-state index contributed by atoms with van der Waals surface area (Å²) in [5.74, 6) is -0.287. The molecule has 3 aromatic rings. The van der Waals surface area contributed by atoms with Crippen molar-refractivity contribution in [2.75, 3.05) is 0 Å². The van der Waals surface area contributed by atoms with Crippen molar-refractivity contribution in [3.05, 3.63) is 77.4 Å². The third-order valence-corrected chi connectivity index (χ3v) is 6.66. The van der Waals surface area contributed by atoms with Gasteiger partial charge in [-0.15, -0.1) is 0 Å². The van der Waals surface area contributed by atoms with Crippen LogP contribution in [-0.4, -0.2) is 23.1 Å². The molecule has 5 nitrogen and oxygen atoms in total. The Kier molecular flexibility index (Phi) is 7.84. The number of rotatable bonds is 9. The molecular weight excluding hydrogens is 426 g/mol. The zero-order valence-corrected chi connectivity index (χ0v) is 19.8. The molecule has 1 atom stereocenters. The van der Waals surface area contributed by atoms with Crippen LogP contribution in [0, 0.1) is 0 Å². The second-order valence-corrected chi connectivity index (χ2v) is 9.21. The molecule has 0 unspecified atom stereocenters. The van der Waals surface area contributed by atoms with Crippen LogP contribution in [0.1, 0.15) is 79.4 Å². The number of hydrogen-bond donors (Lipinski definition) is 2. The molecule has 1 aliphatic rings. The predicted octanol–water partition coefficient (Wildman–Crippen LogP) is 6.45. The summed E-state index contributed by atoms with van der Waals surface area (Å²) < 4.78 is 6.22. The Labute approximate surface area is 201 Å². The average Bonchev–Trinajstić information content (AvgIpc) is 2.84. The van der Waals surface area contributed by atoms with Gasteiger partial charge in [0.1, 0.15) is 5.75 Å². The van der Waals surface area contributed by atoms with Crippen LogP contribution in [0.2, 0.25) is 0 Å². The Balaban J connectivity index is 1.56. The molecule has 178 valence electrons. The van der Waals surface area contributed by atoms with E-state index in [2.05, 4.69) is 23.5 Å². The first-order valence-corrected chi connectivity index (χ1v) is 12.3. The van der Waals surface area contributed by atoms with E-state index in [4.69, 9.17) is 9.84 Å². The van der Waals surface area contributed by atoms with E-state index < -0.39 is 5.97 Å². The minimum Gasteiger partial charge on any atom is -0.490 e. The molecule has 3 aromatic carbocycles. The normalized spacial score (nSPS) is 15.1. The molecule has 1 fully saturated rings. The molecule has 1 aliphatic carbocycles. The Morgan fingerprint density at radius 1 is 1.03 bits per heavy atom. The molecule has 0 aromatic heterocycles. The number of carbonyl (C=O) groups is 2. The second-order valence-electron chi connectivity index (χ2n) is 9.21. The Bertz CT molecular complexity index is 1140. The van der Waals surface area contributed by atoms with Gasteiger partial charge in [0.2, 0.25) is 0 Å². The molecule has 0 bridgehead atoms. The van der Waals surface area contributed by atoms with E-state index in [-0.39, 0.29) is 24.5 Å². The maximum atomic E-state index is 13.4. The van der Waals surface area contributed by atoms with E-state index in [1.54, 1.807) is 0 Å². The van der Waals surface area contributed by atoms with Gasteiger partial charge in [-0.3, -0.25) is 9.59 Å². The first kappa shape index (κ1) is 23.8. The zero-order valence-electron chi connectivity index (χ0n) is 19.8. The van der Waals surface area contributed by atoms with Crippen LogP contribution >= 0.6 is 0 Å². The van der Waals surface area contributed by atoms with Crippen molar-refractivity contribution in [2.24, 2.45) is 0 Å². The van der Waals surface area contributed by atoms with Gasteiger partial charge >= 0.3 is 5.97 Å². The number of amides is 1. The quantitative estimate of drug-likeness (QED) is 0.386. The van der Waals surface area contributed by atoms with Gasteiger partial charge in [-0.25, -0.2) is 0 Å². The lowest BCUT2D eigenvalue weighted by Crippen LogP contribution is -2.28. The molecule has 0 saturated heterocycles. The molecule has 34 heavy (non-hydrogen) atoms. The van der Waals surface area contributed by atoms with Crippen molar-refractivity contribution < 1.29 is 19.4 Å². The van der Waals surface area contributed by atoms with Gasteiger partial charge in [0, 0.05) is 12.0 Å². The lowest BCUT2D eigenvalue weighted by atomic mass is 9.97. The molecule has 0 radical (unpaired) electrons. The van der Waals surface area contributed by atoms with E-state index in [1.807, 2.05) is 49.4 Å². The zero-order chi connectivity index (χ0) is 23.9. The Morgan fingerprint density at radius 2 is 1.79 bits per heavy atom. The van der Waals surface area contributed by atoms with Gasteiger partial charge in [0.15, 0.2) is 0 Å². The summed E-state index contributed by atoms with van der Waals surface area (Å²) in [6.45, 7) is 1.99. The lowest BCUT2D eigenvalue weighted by molar-refractivity contribution is -0.137. The van der Waals surface area contributed by atoms with Crippen LogP contribution in [-0.2, 0) is 11.2 Å². The molecule has 0 heterocycles. The number of carboxylic acid groups (broad SMARTS) is 1. The standard InChI is InChI=1S/C29H33NO4/c1-20(25-15-7-10-21-9-5-6-14-26(21)25)30-29(33)27-19-24(34-23-12-3-2-4-13-23)18-17-22(27)11-8-16-28(31)32/h5-7,9-10,14-15,17-20,23H,2-4,8,11-13,16H2,1H3,(H,30,33)(H,31,32)/t20-/m1/s1. The van der Waals surface area contributed by atoms with Crippen molar-refractivity contribution in [1.82, 2.24) is 5.32 Å². The molecule has 1 amide bonds. The Hall–Kier alpha value is -3.34. The number of fused-ring (bicyclic) bond motifs is 1. The highest BCUT2D eigenvalue weighted by Gasteiger charge is 2.20. The minimum absolute atomic E-state index is 0.0772. The number of aryl methyl sites for hydroxylation is 1. The van der Waals surface area contributed by atoms with Crippen LogP contribution in [0.5, 0.6) is 5.75 Å². The molecule has 0 aliphatic heterocycles. The average molecular weight is 460 g/mol. The van der Waals surface area contributed by atoms with Crippen LogP contribution in [0.4, 0.5) is 0 Å². The SMILES string of the molecule is C[C@@H](NC(=O)c1cc(OC2CCCCC2)ccc1CCCC(=O)O)c1cccc2ccccc12. The summed E-state index contributed by atoms with van der Waals surface area (Å²) in [7, 11) is 0. The van der Waals surface area contributed by atoms with Crippen molar-refractivity contribution >= 4 is 22.6 Å². The fraction of sp³-hybridized carbons (Fsp3) is 0.379. The van der Waals surface area contributed by atoms with E-state index in [1.165, 1.54) is 19.3 Å². The largest absolute Gasteiger partial charge is 0.490 e. The van der Waals surface area contributed by atoms with E-state index >= 15 is 0 Å². The van der Waals surface area contributed by atoms with Crippen molar-refractivity contribution in [2.45, 2.75) is 70.4 Å². The van der Waals surface area contributed by atoms with Gasteiger partial charge in [0.05, 0.1) is 12.1 Å². The monoisotopic (exact) mass is 459 g/mol. The third kappa shape index (κ3) is 5.96. The van der Waals surface area contributed by atoms with Crippen molar-refractivity contribution in [3.8, 4) is 5.75 Å². The van der Waals surface area contributed by atoms with E-state index in [9.17, 15) is 9.59 Å². The smallest absolute Gasteiger partial charge is 0.303 e. The number of hydrogen-bond acceptors (Lipinski definition) is 3. The van der Waals surface area contributed by atoms with Crippen LogP contribution < -0.4 is 10.1 Å². The van der Waals surface area contributed by atoms with Gasteiger partial charge in [-0.2, -0.15) is 0 Å². The van der Waals surface area contributed by atoms with Crippen molar-refractivity contribution in [3.63, 3.8) is 0 Å². The first-order chi connectivity index (χ1) is 16.5. The molecule has 0 spiro atoms. The fourth-order valence-corrected chi connectivity index (χ4v) is 4.84. The number of benzene rings is 3. The highest BCUT2D eigenvalue weighted by atomic mass is 16.5. The Morgan fingerprint density at radius 3 is 2.59 bits per heavy atom. The molecule has 4 rings (SSSR count). The predicted molar refractivity (Wildman–Crippen MR) is 134 cm³/mol. The number of ether oxygens (including phenoxy) is 1. The summed E-state index contributed by atoms with van der Waals surface area (Å²) in [4.78, 5) is 24.4. The second kappa shape index (κ2) is 11.2. The molecule has 2 N–H and O–H groups in total. The summed E-state index contributed by atoms with van der Waals surface area (Å²) in [6, 6.07) is 19.8. The van der Waals surface area contributed by atoms with E-state index in [0.717, 1.165) is 34.7 Å². The van der Waals surface area contributed by atoms with Crippen molar-refractivity contribution in [1.29, 1.82) is 0 Å². The summed E-state index contributed by atoms with van der Waals surface area (Å²) in [6.07, 6.45) is 6.97. The highest BCUT2D eigenvalue weighted by molar-refractivity contribution is 5.97. The van der Waals surface area contributed by atoms with E-state index in [0.29, 0.717) is 24.2 Å². The first-order valence-electron chi connectivity index (χ1n) is 12.3. The number of aliphatic carboxylic acids is 1. The lowest BCUT2D eigenvalue weighted by Gasteiger charge is -2.24. The maximum Gasteiger partial charge on any atom is 0.303 e. The van der Waals surface area contributed by atoms with Gasteiger partial charge in [-0.05, 0) is 79.5 Å². The molecule has 1 saturated carbocycles. The highest BCUT2D eigenvalue weighted by Crippen LogP contribution is 2.28. The van der Waals surface area contributed by atoms with Gasteiger partial charge in [-0.1, -0.05) is 55.0 Å². The minimum atomic E-state index is -0.826. The summed E-state index contributed by atoms with van der Waals surface area (Å²) >= 11 is 0. The summed E-state index contributed by atoms with van der Waals surface area (Å²) in [5.41, 5.74) is 2.47. The van der Waals surface area contributed by atoms with Gasteiger partial charge < -0.3 is 15.2 Å².